The number of ether oxygens (including phenoxy) is 1. The van der Waals surface area contributed by atoms with E-state index in [2.05, 4.69) is 49.4 Å². The third kappa shape index (κ3) is 3.95. The Morgan fingerprint density at radius 2 is 1.83 bits per heavy atom. The first-order valence-corrected chi connectivity index (χ1v) is 13.4. The number of carbonyl (C=O) groups is 2. The maximum atomic E-state index is 13.7. The molecule has 3 aliphatic carbocycles. The minimum absolute atomic E-state index is 0.0172. The average molecular weight is 483 g/mol. The molecular formula is C28H42N4O3. The number of nitrogens with one attached hydrogen (secondary N) is 1. The summed E-state index contributed by atoms with van der Waals surface area (Å²) in [7, 11) is 8.07. The first-order valence-electron chi connectivity index (χ1n) is 13.4. The summed E-state index contributed by atoms with van der Waals surface area (Å²) in [6, 6.07) is 6.51. The van der Waals surface area contributed by atoms with E-state index in [0.717, 1.165) is 50.8 Å². The highest BCUT2D eigenvalue weighted by molar-refractivity contribution is 6.08. The van der Waals surface area contributed by atoms with E-state index in [-0.39, 0.29) is 17.4 Å². The number of aryl methyl sites for hydroxylation is 1. The number of hydrogen-bond donors (Lipinski definition) is 1. The van der Waals surface area contributed by atoms with Crippen LogP contribution < -0.4 is 10.1 Å². The second-order valence-corrected chi connectivity index (χ2v) is 12.0. The standard InChI is InChI=1S/C28H42N4O3/c1-27-12-10-22-21-9-7-20(35-17-16-31(4)5)18-19(21)6-8-23(22)24(27)11-13-28(27)25(33)32(26(34)29-28)15-14-30(2)3/h7,9,18,22-24H,6,8,10-17H2,1-5H3,(H,29,34)/t22?,23?,24?,27-,28?/m0/s1. The van der Waals surface area contributed by atoms with Gasteiger partial charge in [-0.1, -0.05) is 13.0 Å². The highest BCUT2D eigenvalue weighted by Gasteiger charge is 2.69. The Hall–Kier alpha value is -2.12. The summed E-state index contributed by atoms with van der Waals surface area (Å²) in [4.78, 5) is 32.3. The van der Waals surface area contributed by atoms with E-state index >= 15 is 0 Å². The molecule has 3 fully saturated rings. The zero-order valence-electron chi connectivity index (χ0n) is 22.1. The van der Waals surface area contributed by atoms with E-state index in [0.29, 0.717) is 37.5 Å². The van der Waals surface area contributed by atoms with E-state index in [1.807, 2.05) is 19.0 Å². The topological polar surface area (TPSA) is 65.1 Å². The fraction of sp³-hybridized carbons (Fsp3) is 0.714. The Morgan fingerprint density at radius 3 is 2.57 bits per heavy atom. The number of nitrogens with zero attached hydrogens (tertiary/aromatic N) is 3. The molecule has 1 N–H and O–H groups in total. The van der Waals surface area contributed by atoms with Crippen molar-refractivity contribution in [2.75, 3.05) is 54.4 Å². The molecule has 1 saturated heterocycles. The van der Waals surface area contributed by atoms with Gasteiger partial charge in [-0.15, -0.1) is 0 Å². The zero-order chi connectivity index (χ0) is 25.0. The van der Waals surface area contributed by atoms with Crippen LogP contribution in [0, 0.1) is 17.3 Å². The lowest BCUT2D eigenvalue weighted by Crippen LogP contribution is -2.60. The lowest BCUT2D eigenvalue weighted by Gasteiger charge is -2.53. The van der Waals surface area contributed by atoms with Crippen molar-refractivity contribution in [1.82, 2.24) is 20.0 Å². The van der Waals surface area contributed by atoms with Crippen LogP contribution in [0.2, 0.25) is 0 Å². The summed E-state index contributed by atoms with van der Waals surface area (Å²) in [5.41, 5.74) is 2.01. The normalized spacial score (nSPS) is 33.8. The molecule has 0 radical (unpaired) electrons. The fourth-order valence-corrected chi connectivity index (χ4v) is 7.72. The molecule has 1 heterocycles. The van der Waals surface area contributed by atoms with Crippen LogP contribution in [0.1, 0.15) is 56.1 Å². The van der Waals surface area contributed by atoms with Crippen LogP contribution >= 0.6 is 0 Å². The summed E-state index contributed by atoms with van der Waals surface area (Å²) in [6.07, 6.45) is 6.07. The fourth-order valence-electron chi connectivity index (χ4n) is 7.72. The highest BCUT2D eigenvalue weighted by atomic mass is 16.5. The number of imide groups is 1. The van der Waals surface area contributed by atoms with Gasteiger partial charge in [-0.2, -0.15) is 0 Å². The summed E-state index contributed by atoms with van der Waals surface area (Å²) >= 11 is 0. The summed E-state index contributed by atoms with van der Waals surface area (Å²) in [5, 5.41) is 3.24. The highest BCUT2D eigenvalue weighted by Crippen LogP contribution is 2.65. The van der Waals surface area contributed by atoms with Gasteiger partial charge in [-0.25, -0.2) is 4.79 Å². The monoisotopic (exact) mass is 482 g/mol. The van der Waals surface area contributed by atoms with E-state index in [4.69, 9.17) is 4.74 Å². The van der Waals surface area contributed by atoms with Crippen LogP contribution in [0.15, 0.2) is 18.2 Å². The van der Waals surface area contributed by atoms with Crippen molar-refractivity contribution in [2.45, 2.75) is 56.9 Å². The van der Waals surface area contributed by atoms with Crippen LogP contribution in [0.3, 0.4) is 0 Å². The molecule has 1 spiro atoms. The second kappa shape index (κ2) is 9.07. The van der Waals surface area contributed by atoms with Gasteiger partial charge in [-0.05, 0) is 108 Å². The minimum atomic E-state index is -0.726. The van der Waals surface area contributed by atoms with Gasteiger partial charge in [0.1, 0.15) is 17.9 Å². The van der Waals surface area contributed by atoms with Crippen LogP contribution in [0.4, 0.5) is 4.79 Å². The lowest BCUT2D eigenvalue weighted by molar-refractivity contribution is -0.137. The van der Waals surface area contributed by atoms with Crippen molar-refractivity contribution < 1.29 is 14.3 Å². The first kappa shape index (κ1) is 24.6. The van der Waals surface area contributed by atoms with Crippen molar-refractivity contribution in [2.24, 2.45) is 17.3 Å². The third-order valence-corrected chi connectivity index (χ3v) is 9.65. The smallest absolute Gasteiger partial charge is 0.325 e. The summed E-state index contributed by atoms with van der Waals surface area (Å²) < 4.78 is 6.01. The SMILES string of the molecule is CN(C)CCOc1ccc2c(c1)CCC1C2CC[C@@]2(C)C1CCC21NC(=O)N(CCN(C)C)C1=O. The lowest BCUT2D eigenvalue weighted by atomic mass is 9.52. The van der Waals surface area contributed by atoms with Crippen molar-refractivity contribution >= 4 is 11.9 Å². The van der Waals surface area contributed by atoms with E-state index in [1.54, 1.807) is 0 Å². The molecule has 7 heteroatoms. The number of likely N-dealkylation sites (N-methyl/N-ethyl adjacent to an activating group) is 2. The number of benzene rings is 1. The van der Waals surface area contributed by atoms with Gasteiger partial charge >= 0.3 is 6.03 Å². The Bertz CT molecular complexity index is 994. The average Bonchev–Trinajstić information content (AvgIpc) is 3.24. The molecule has 5 atom stereocenters. The molecule has 7 nitrogen and oxygen atoms in total. The summed E-state index contributed by atoms with van der Waals surface area (Å²) in [5.74, 6) is 2.56. The summed E-state index contributed by atoms with van der Waals surface area (Å²) in [6.45, 7) is 5.05. The third-order valence-electron chi connectivity index (χ3n) is 9.65. The Morgan fingerprint density at radius 1 is 1.06 bits per heavy atom. The van der Waals surface area contributed by atoms with E-state index < -0.39 is 5.54 Å². The number of hydrogen-bond acceptors (Lipinski definition) is 5. The molecule has 192 valence electrons. The van der Waals surface area contributed by atoms with Crippen LogP contribution in [0.5, 0.6) is 5.75 Å². The van der Waals surface area contributed by atoms with Crippen LogP contribution in [-0.4, -0.2) is 86.6 Å². The van der Waals surface area contributed by atoms with Gasteiger partial charge in [0.05, 0.1) is 0 Å². The Kier molecular flexibility index (Phi) is 6.37. The van der Waals surface area contributed by atoms with Gasteiger partial charge in [0, 0.05) is 25.0 Å². The molecule has 4 aliphatic rings. The quantitative estimate of drug-likeness (QED) is 0.604. The second-order valence-electron chi connectivity index (χ2n) is 12.0. The Balaban J connectivity index is 1.34. The van der Waals surface area contributed by atoms with Gasteiger partial charge in [0.15, 0.2) is 0 Å². The molecule has 0 bridgehead atoms. The maximum Gasteiger partial charge on any atom is 0.325 e. The van der Waals surface area contributed by atoms with Crippen LogP contribution in [-0.2, 0) is 11.2 Å². The minimum Gasteiger partial charge on any atom is -0.492 e. The number of fused-ring (bicyclic) bond motifs is 6. The van der Waals surface area contributed by atoms with Gasteiger partial charge in [-0.3, -0.25) is 9.69 Å². The number of urea groups is 1. The van der Waals surface area contributed by atoms with E-state index in [1.165, 1.54) is 16.0 Å². The van der Waals surface area contributed by atoms with E-state index in [9.17, 15) is 9.59 Å². The van der Waals surface area contributed by atoms with Gasteiger partial charge in [0.25, 0.3) is 5.91 Å². The molecule has 35 heavy (non-hydrogen) atoms. The molecule has 1 aliphatic heterocycles. The molecule has 0 aromatic heterocycles. The molecule has 5 rings (SSSR count). The Labute approximate surface area is 210 Å². The van der Waals surface area contributed by atoms with Crippen molar-refractivity contribution in [3.63, 3.8) is 0 Å². The maximum absolute atomic E-state index is 13.7. The van der Waals surface area contributed by atoms with Crippen LogP contribution in [0.25, 0.3) is 0 Å². The molecule has 1 aromatic rings. The van der Waals surface area contributed by atoms with Gasteiger partial charge < -0.3 is 19.9 Å². The zero-order valence-corrected chi connectivity index (χ0v) is 22.1. The predicted molar refractivity (Wildman–Crippen MR) is 137 cm³/mol. The molecule has 3 amide bonds. The molecule has 4 unspecified atom stereocenters. The van der Waals surface area contributed by atoms with Crippen molar-refractivity contribution in [1.29, 1.82) is 0 Å². The van der Waals surface area contributed by atoms with Gasteiger partial charge in [0.2, 0.25) is 0 Å². The first-order chi connectivity index (χ1) is 16.7. The van der Waals surface area contributed by atoms with Crippen molar-refractivity contribution in [3.8, 4) is 5.75 Å². The number of rotatable bonds is 7. The number of amides is 3. The largest absolute Gasteiger partial charge is 0.492 e. The van der Waals surface area contributed by atoms with Crippen molar-refractivity contribution in [3.05, 3.63) is 29.3 Å². The molecule has 1 aromatic carbocycles. The predicted octanol–water partition coefficient (Wildman–Crippen LogP) is 3.34. The molecular weight excluding hydrogens is 440 g/mol. The number of carbonyl (C=O) groups excluding carboxylic acids is 2. The molecule has 2 saturated carbocycles.